The van der Waals surface area contributed by atoms with E-state index in [4.69, 9.17) is 36.5 Å². The smallest absolute Gasteiger partial charge is 0.500 e. The van der Waals surface area contributed by atoms with E-state index in [1.54, 1.807) is 12.1 Å². The van der Waals surface area contributed by atoms with Crippen molar-refractivity contribution in [1.29, 1.82) is 0 Å². The van der Waals surface area contributed by atoms with Crippen molar-refractivity contribution in [2.75, 3.05) is 39.5 Å². The monoisotopic (exact) mass is 557 g/mol. The summed E-state index contributed by atoms with van der Waals surface area (Å²) >= 11 is 12.1. The molecule has 9 heteroatoms. The van der Waals surface area contributed by atoms with Crippen LogP contribution in [0.15, 0.2) is 36.4 Å². The minimum absolute atomic E-state index is 0.170. The van der Waals surface area contributed by atoms with E-state index in [-0.39, 0.29) is 11.5 Å². The third kappa shape index (κ3) is 9.86. The summed E-state index contributed by atoms with van der Waals surface area (Å²) in [6, 6.07) is 11.7. The summed E-state index contributed by atoms with van der Waals surface area (Å²) in [5.41, 5.74) is 1.73. The third-order valence-electron chi connectivity index (χ3n) is 6.03. The van der Waals surface area contributed by atoms with Crippen molar-refractivity contribution < 1.29 is 23.5 Å². The number of phenolic OH excluding ortho intramolecular Hbond substituents is 2. The van der Waals surface area contributed by atoms with Crippen molar-refractivity contribution in [2.24, 2.45) is 0 Å². The number of nitrogens with zero attached hydrogens (tertiary/aromatic N) is 1. The third-order valence-corrected chi connectivity index (χ3v) is 9.79. The lowest BCUT2D eigenvalue weighted by Gasteiger charge is -2.30. The van der Waals surface area contributed by atoms with Crippen LogP contribution < -0.4 is 0 Å². The molecule has 0 amide bonds. The lowest BCUT2D eigenvalue weighted by molar-refractivity contribution is 0.0698. The van der Waals surface area contributed by atoms with Crippen molar-refractivity contribution in [3.63, 3.8) is 0 Å². The summed E-state index contributed by atoms with van der Waals surface area (Å²) in [6.45, 7) is 10.3. The molecule has 6 nitrogen and oxygen atoms in total. The second-order valence-electron chi connectivity index (χ2n) is 8.63. The first kappa shape index (κ1) is 30.9. The molecule has 0 saturated carbocycles. The summed E-state index contributed by atoms with van der Waals surface area (Å²) < 4.78 is 18.0. The van der Waals surface area contributed by atoms with Crippen molar-refractivity contribution in [3.8, 4) is 11.5 Å². The first-order valence-electron chi connectivity index (χ1n) is 12.9. The molecule has 0 saturated heterocycles. The summed E-state index contributed by atoms with van der Waals surface area (Å²) in [6.07, 6.45) is 4.17. The zero-order valence-corrected chi connectivity index (χ0v) is 24.3. The van der Waals surface area contributed by atoms with Gasteiger partial charge in [-0.25, -0.2) is 0 Å². The zero-order chi connectivity index (χ0) is 26.4. The molecule has 202 valence electrons. The molecule has 0 aliphatic carbocycles. The Morgan fingerprint density at radius 3 is 1.53 bits per heavy atom. The van der Waals surface area contributed by atoms with Crippen LogP contribution in [0.2, 0.25) is 16.1 Å². The van der Waals surface area contributed by atoms with Crippen LogP contribution in [-0.2, 0) is 26.1 Å². The Morgan fingerprint density at radius 1 is 0.694 bits per heavy atom. The zero-order valence-electron chi connectivity index (χ0n) is 21.8. The highest BCUT2D eigenvalue weighted by molar-refractivity contribution is 6.60. The molecule has 0 aliphatic rings. The number of benzene rings is 2. The SMILES string of the molecule is CCO[Si](CCCN(CCCc1cccc(Cl)c1O)CCCc1cccc(Cl)c1O)(OCC)OCC. The molecule has 0 unspecified atom stereocenters. The first-order chi connectivity index (χ1) is 17.4. The first-order valence-corrected chi connectivity index (χ1v) is 15.6. The van der Waals surface area contributed by atoms with Gasteiger partial charge in [-0.2, -0.15) is 0 Å². The van der Waals surface area contributed by atoms with E-state index in [1.807, 2.05) is 45.0 Å². The van der Waals surface area contributed by atoms with Crippen LogP contribution in [0.25, 0.3) is 0 Å². The van der Waals surface area contributed by atoms with Gasteiger partial charge in [-0.3, -0.25) is 0 Å². The van der Waals surface area contributed by atoms with Gasteiger partial charge in [0.25, 0.3) is 0 Å². The molecule has 0 heterocycles. The van der Waals surface area contributed by atoms with Crippen LogP contribution in [0.3, 0.4) is 0 Å². The summed E-state index contributed by atoms with van der Waals surface area (Å²) in [5, 5.41) is 21.3. The van der Waals surface area contributed by atoms with Crippen LogP contribution in [-0.4, -0.2) is 63.4 Å². The van der Waals surface area contributed by atoms with Crippen LogP contribution in [0.5, 0.6) is 11.5 Å². The van der Waals surface area contributed by atoms with Gasteiger partial charge in [-0.05, 0) is 95.8 Å². The number of halogens is 2. The molecule has 2 N–H and O–H groups in total. The predicted octanol–water partition coefficient (Wildman–Crippen LogP) is 6.71. The molecular weight excluding hydrogens is 517 g/mol. The lowest BCUT2D eigenvalue weighted by atomic mass is 10.1. The largest absolute Gasteiger partial charge is 0.506 e. The van der Waals surface area contributed by atoms with Gasteiger partial charge in [0.05, 0.1) is 10.0 Å². The number of para-hydroxylation sites is 2. The number of phenols is 2. The molecule has 0 radical (unpaired) electrons. The highest BCUT2D eigenvalue weighted by atomic mass is 35.5. The Morgan fingerprint density at radius 2 is 1.11 bits per heavy atom. The number of hydrogen-bond acceptors (Lipinski definition) is 6. The molecular formula is C27H41Cl2NO5Si. The molecule has 2 aromatic rings. The molecule has 0 bridgehead atoms. The normalized spacial score (nSPS) is 11.9. The second-order valence-corrected chi connectivity index (χ2v) is 12.2. The number of aromatic hydroxyl groups is 2. The van der Waals surface area contributed by atoms with E-state index in [2.05, 4.69) is 4.90 Å². The maximum Gasteiger partial charge on any atom is 0.500 e. The van der Waals surface area contributed by atoms with E-state index in [0.29, 0.717) is 29.9 Å². The predicted molar refractivity (Wildman–Crippen MR) is 149 cm³/mol. The van der Waals surface area contributed by atoms with Crippen LogP contribution >= 0.6 is 23.2 Å². The number of hydrogen-bond donors (Lipinski definition) is 2. The van der Waals surface area contributed by atoms with E-state index in [1.165, 1.54) is 0 Å². The van der Waals surface area contributed by atoms with E-state index < -0.39 is 8.80 Å². The van der Waals surface area contributed by atoms with Crippen LogP contribution in [0, 0.1) is 0 Å². The van der Waals surface area contributed by atoms with E-state index >= 15 is 0 Å². The average molecular weight is 559 g/mol. The second kappa shape index (κ2) is 16.5. The van der Waals surface area contributed by atoms with Crippen molar-refractivity contribution >= 4 is 32.0 Å². The molecule has 0 aromatic heterocycles. The van der Waals surface area contributed by atoms with Crippen LogP contribution in [0.4, 0.5) is 0 Å². The molecule has 0 aliphatic heterocycles. The molecule has 36 heavy (non-hydrogen) atoms. The van der Waals surface area contributed by atoms with Gasteiger partial charge >= 0.3 is 8.80 Å². The highest BCUT2D eigenvalue weighted by Crippen LogP contribution is 2.29. The Kier molecular flexibility index (Phi) is 14.2. The van der Waals surface area contributed by atoms with Gasteiger partial charge in [-0.15, -0.1) is 0 Å². The maximum absolute atomic E-state index is 10.2. The fraction of sp³-hybridized carbons (Fsp3) is 0.556. The van der Waals surface area contributed by atoms with Crippen molar-refractivity contribution in [2.45, 2.75) is 58.9 Å². The molecule has 2 aromatic carbocycles. The van der Waals surface area contributed by atoms with Gasteiger partial charge in [-0.1, -0.05) is 47.5 Å². The minimum Gasteiger partial charge on any atom is -0.506 e. The van der Waals surface area contributed by atoms with Gasteiger partial charge in [0.2, 0.25) is 0 Å². The lowest BCUT2D eigenvalue weighted by Crippen LogP contribution is -2.46. The van der Waals surface area contributed by atoms with Crippen molar-refractivity contribution in [3.05, 3.63) is 57.6 Å². The highest BCUT2D eigenvalue weighted by Gasteiger charge is 2.39. The molecule has 0 fully saturated rings. The Balaban J connectivity index is 1.99. The summed E-state index contributed by atoms with van der Waals surface area (Å²) in [5.74, 6) is 0.339. The fourth-order valence-electron chi connectivity index (χ4n) is 4.37. The van der Waals surface area contributed by atoms with Crippen molar-refractivity contribution in [1.82, 2.24) is 4.90 Å². The Bertz CT molecular complexity index is 843. The van der Waals surface area contributed by atoms with Gasteiger partial charge in [0.1, 0.15) is 11.5 Å². The number of rotatable bonds is 18. The fourth-order valence-corrected chi connectivity index (χ4v) is 7.35. The van der Waals surface area contributed by atoms with E-state index in [0.717, 1.165) is 68.9 Å². The topological polar surface area (TPSA) is 71.4 Å². The Hall–Kier alpha value is -1.32. The quantitative estimate of drug-likeness (QED) is 0.198. The maximum atomic E-state index is 10.2. The summed E-state index contributed by atoms with van der Waals surface area (Å²) in [4.78, 5) is 2.42. The molecule has 2 rings (SSSR count). The molecule has 0 spiro atoms. The standard InChI is InChI=1S/C27H41Cl2NO5Si/c1-4-33-36(34-5-2,35-6-3)21-11-20-30(18-9-14-22-12-7-16-24(28)26(22)31)19-10-15-23-13-8-17-25(29)27(23)32/h7-8,12-13,16-17,31-32H,4-6,9-11,14-15,18-21H2,1-3H3. The van der Waals surface area contributed by atoms with Gasteiger partial charge < -0.3 is 28.4 Å². The minimum atomic E-state index is -2.68. The Labute approximate surface area is 227 Å². The van der Waals surface area contributed by atoms with Gasteiger partial charge in [0, 0.05) is 25.9 Å². The molecule has 0 atom stereocenters. The van der Waals surface area contributed by atoms with E-state index in [9.17, 15) is 10.2 Å². The number of aryl methyl sites for hydroxylation is 2. The average Bonchev–Trinajstić information content (AvgIpc) is 2.84. The van der Waals surface area contributed by atoms with Gasteiger partial charge in [0.15, 0.2) is 0 Å². The summed E-state index contributed by atoms with van der Waals surface area (Å²) in [7, 11) is -2.68. The van der Waals surface area contributed by atoms with Crippen LogP contribution in [0.1, 0.15) is 51.2 Å².